The summed E-state index contributed by atoms with van der Waals surface area (Å²) in [5.74, 6) is -0.191. The van der Waals surface area contributed by atoms with E-state index in [0.717, 1.165) is 0 Å². The van der Waals surface area contributed by atoms with Crippen LogP contribution in [-0.4, -0.2) is 27.5 Å². The van der Waals surface area contributed by atoms with Crippen molar-refractivity contribution in [2.75, 3.05) is 6.54 Å². The van der Waals surface area contributed by atoms with Crippen molar-refractivity contribution in [3.63, 3.8) is 0 Å². The van der Waals surface area contributed by atoms with Crippen molar-refractivity contribution < 1.29 is 4.79 Å². The Balaban J connectivity index is 2.52. The van der Waals surface area contributed by atoms with Crippen molar-refractivity contribution in [1.82, 2.24) is 14.9 Å². The Labute approximate surface area is 83.3 Å². The molecule has 1 aromatic heterocycles. The molecule has 0 aromatic carbocycles. The van der Waals surface area contributed by atoms with Crippen LogP contribution in [0.5, 0.6) is 0 Å². The van der Waals surface area contributed by atoms with Crippen molar-refractivity contribution in [2.24, 2.45) is 12.8 Å². The molecule has 1 rings (SSSR count). The number of aromatic nitrogens is 2. The Morgan fingerprint density at radius 3 is 2.79 bits per heavy atom. The van der Waals surface area contributed by atoms with Crippen LogP contribution in [0.2, 0.25) is 0 Å². The van der Waals surface area contributed by atoms with Gasteiger partial charge in [0.1, 0.15) is 5.69 Å². The summed E-state index contributed by atoms with van der Waals surface area (Å²) in [7, 11) is 1.82. The van der Waals surface area contributed by atoms with E-state index in [9.17, 15) is 4.79 Å². The number of hydrogen-bond donors (Lipinski definition) is 2. The smallest absolute Gasteiger partial charge is 0.271 e. The van der Waals surface area contributed by atoms with Crippen molar-refractivity contribution >= 4 is 5.91 Å². The lowest BCUT2D eigenvalue weighted by molar-refractivity contribution is 0.0941. The minimum absolute atomic E-state index is 0.191. The highest BCUT2D eigenvalue weighted by molar-refractivity contribution is 5.92. The van der Waals surface area contributed by atoms with Crippen LogP contribution in [0.4, 0.5) is 0 Å². The van der Waals surface area contributed by atoms with E-state index in [1.807, 2.05) is 20.9 Å². The van der Waals surface area contributed by atoms with Crippen LogP contribution in [0.1, 0.15) is 24.3 Å². The molecule has 0 bridgehead atoms. The van der Waals surface area contributed by atoms with Crippen molar-refractivity contribution in [1.29, 1.82) is 0 Å². The highest BCUT2D eigenvalue weighted by Gasteiger charge is 2.14. The van der Waals surface area contributed by atoms with Gasteiger partial charge in [0.05, 0.1) is 6.33 Å². The molecule has 1 amide bonds. The Morgan fingerprint density at radius 2 is 2.36 bits per heavy atom. The fourth-order valence-corrected chi connectivity index (χ4v) is 0.929. The second-order valence-corrected chi connectivity index (χ2v) is 4.10. The first-order chi connectivity index (χ1) is 6.38. The second-order valence-electron chi connectivity index (χ2n) is 4.10. The first kappa shape index (κ1) is 10.7. The van der Waals surface area contributed by atoms with E-state index >= 15 is 0 Å². The predicted molar refractivity (Wildman–Crippen MR) is 53.8 cm³/mol. The number of hydrogen-bond acceptors (Lipinski definition) is 3. The molecule has 5 heteroatoms. The Bertz CT molecular complexity index is 324. The van der Waals surface area contributed by atoms with E-state index in [4.69, 9.17) is 5.73 Å². The average molecular weight is 196 g/mol. The van der Waals surface area contributed by atoms with Crippen LogP contribution in [-0.2, 0) is 7.05 Å². The lowest BCUT2D eigenvalue weighted by Crippen LogP contribution is -2.45. The highest BCUT2D eigenvalue weighted by atomic mass is 16.1. The molecule has 0 aliphatic rings. The maximum atomic E-state index is 11.5. The van der Waals surface area contributed by atoms with Gasteiger partial charge in [-0.2, -0.15) is 0 Å². The fourth-order valence-electron chi connectivity index (χ4n) is 0.929. The van der Waals surface area contributed by atoms with Crippen molar-refractivity contribution in [2.45, 2.75) is 19.4 Å². The van der Waals surface area contributed by atoms with E-state index in [-0.39, 0.29) is 5.91 Å². The molecule has 14 heavy (non-hydrogen) atoms. The number of nitrogens with zero attached hydrogens (tertiary/aromatic N) is 2. The number of aryl methyl sites for hydroxylation is 1. The quantitative estimate of drug-likeness (QED) is 0.708. The number of carbonyl (C=O) groups excluding carboxylic acids is 1. The minimum Gasteiger partial charge on any atom is -0.349 e. The average Bonchev–Trinajstić information content (AvgIpc) is 2.46. The summed E-state index contributed by atoms with van der Waals surface area (Å²) in [6.07, 6.45) is 3.25. The predicted octanol–water partition coefficient (Wildman–Crippen LogP) is -0.113. The molecule has 0 atom stereocenters. The zero-order valence-corrected chi connectivity index (χ0v) is 8.74. The maximum Gasteiger partial charge on any atom is 0.271 e. The number of carbonyl (C=O) groups is 1. The van der Waals surface area contributed by atoms with Gasteiger partial charge in [0.2, 0.25) is 0 Å². The van der Waals surface area contributed by atoms with E-state index in [1.165, 1.54) is 0 Å². The minimum atomic E-state index is -0.398. The van der Waals surface area contributed by atoms with E-state index in [0.29, 0.717) is 12.2 Å². The highest BCUT2D eigenvalue weighted by Crippen LogP contribution is 1.96. The van der Waals surface area contributed by atoms with E-state index < -0.39 is 5.54 Å². The number of nitrogens with one attached hydrogen (secondary N) is 1. The molecule has 0 aliphatic carbocycles. The van der Waals surface area contributed by atoms with Gasteiger partial charge in [-0.15, -0.1) is 0 Å². The summed E-state index contributed by atoms with van der Waals surface area (Å²) in [6.45, 7) is 4.14. The fraction of sp³-hybridized carbons (Fsp3) is 0.556. The van der Waals surface area contributed by atoms with Crippen LogP contribution in [0.15, 0.2) is 12.5 Å². The summed E-state index contributed by atoms with van der Waals surface area (Å²) in [5.41, 5.74) is 5.74. The van der Waals surface area contributed by atoms with Crippen LogP contribution >= 0.6 is 0 Å². The Kier molecular flexibility index (Phi) is 2.90. The summed E-state index contributed by atoms with van der Waals surface area (Å²) < 4.78 is 1.72. The summed E-state index contributed by atoms with van der Waals surface area (Å²) in [6, 6.07) is 0. The maximum absolute atomic E-state index is 11.5. The van der Waals surface area contributed by atoms with Gasteiger partial charge in [-0.3, -0.25) is 4.79 Å². The molecule has 0 saturated heterocycles. The van der Waals surface area contributed by atoms with Crippen molar-refractivity contribution in [3.8, 4) is 0 Å². The van der Waals surface area contributed by atoms with E-state index in [2.05, 4.69) is 10.3 Å². The van der Waals surface area contributed by atoms with Gasteiger partial charge in [0, 0.05) is 25.3 Å². The van der Waals surface area contributed by atoms with Gasteiger partial charge in [0.25, 0.3) is 5.91 Å². The molecule has 0 radical (unpaired) electrons. The van der Waals surface area contributed by atoms with Gasteiger partial charge >= 0.3 is 0 Å². The standard InChI is InChI=1S/C9H16N4O/c1-9(2,10)5-11-8(14)7-4-13(3)6-12-7/h4,6H,5,10H2,1-3H3,(H,11,14). The van der Waals surface area contributed by atoms with Gasteiger partial charge < -0.3 is 15.6 Å². The number of imidazole rings is 1. The molecule has 3 N–H and O–H groups in total. The third-order valence-electron chi connectivity index (χ3n) is 1.64. The van der Waals surface area contributed by atoms with E-state index in [1.54, 1.807) is 17.1 Å². The number of rotatable bonds is 3. The molecule has 5 nitrogen and oxygen atoms in total. The summed E-state index contributed by atoms with van der Waals surface area (Å²) in [5, 5.41) is 2.71. The van der Waals surface area contributed by atoms with Crippen LogP contribution in [0.25, 0.3) is 0 Å². The molecule has 0 aliphatic heterocycles. The molecule has 0 saturated carbocycles. The normalized spacial score (nSPS) is 11.4. The molecule has 0 fully saturated rings. The lowest BCUT2D eigenvalue weighted by atomic mass is 10.1. The second kappa shape index (κ2) is 3.79. The van der Waals surface area contributed by atoms with Gasteiger partial charge in [0.15, 0.2) is 0 Å². The monoisotopic (exact) mass is 196 g/mol. The molecular formula is C9H16N4O. The first-order valence-electron chi connectivity index (χ1n) is 4.43. The summed E-state index contributed by atoms with van der Waals surface area (Å²) in [4.78, 5) is 15.4. The van der Waals surface area contributed by atoms with Crippen LogP contribution in [0, 0.1) is 0 Å². The Hall–Kier alpha value is -1.36. The van der Waals surface area contributed by atoms with Gasteiger partial charge in [-0.25, -0.2) is 4.98 Å². The largest absolute Gasteiger partial charge is 0.349 e. The third kappa shape index (κ3) is 3.18. The van der Waals surface area contributed by atoms with Crippen molar-refractivity contribution in [3.05, 3.63) is 18.2 Å². The Morgan fingerprint density at radius 1 is 1.71 bits per heavy atom. The molecular weight excluding hydrogens is 180 g/mol. The SMILES string of the molecule is Cn1cnc(C(=O)NCC(C)(C)N)c1. The molecule has 1 aromatic rings. The molecule has 78 valence electrons. The van der Waals surface area contributed by atoms with Gasteiger partial charge in [-0.05, 0) is 13.8 Å². The zero-order chi connectivity index (χ0) is 10.8. The third-order valence-corrected chi connectivity index (χ3v) is 1.64. The zero-order valence-electron chi connectivity index (χ0n) is 8.74. The topological polar surface area (TPSA) is 72.9 Å². The molecule has 0 spiro atoms. The molecule has 1 heterocycles. The van der Waals surface area contributed by atoms with Crippen LogP contribution in [0.3, 0.4) is 0 Å². The molecule has 0 unspecified atom stereocenters. The summed E-state index contributed by atoms with van der Waals surface area (Å²) >= 11 is 0. The number of nitrogens with two attached hydrogens (primary N) is 1. The number of amides is 1. The van der Waals surface area contributed by atoms with Gasteiger partial charge in [-0.1, -0.05) is 0 Å². The first-order valence-corrected chi connectivity index (χ1v) is 4.43. The lowest BCUT2D eigenvalue weighted by Gasteiger charge is -2.18. The van der Waals surface area contributed by atoms with Crippen LogP contribution < -0.4 is 11.1 Å².